The van der Waals surface area contributed by atoms with Gasteiger partial charge in [-0.3, -0.25) is 9.59 Å². The summed E-state index contributed by atoms with van der Waals surface area (Å²) in [4.78, 5) is 25.6. The molecular weight excluding hydrogens is 335 g/mol. The summed E-state index contributed by atoms with van der Waals surface area (Å²) in [7, 11) is 0. The summed E-state index contributed by atoms with van der Waals surface area (Å²) in [5.74, 6) is -1.01. The fourth-order valence-corrected chi connectivity index (χ4v) is 3.11. The van der Waals surface area contributed by atoms with Crippen molar-refractivity contribution in [3.05, 3.63) is 29.3 Å². The molecule has 1 aliphatic rings. The third-order valence-corrected chi connectivity index (χ3v) is 4.24. The Hall–Kier alpha value is -2.09. The number of alkyl halides is 3. The molecular formula is C17H22F3N3O2. The molecule has 2 rings (SSSR count). The van der Waals surface area contributed by atoms with Gasteiger partial charge in [0.05, 0.1) is 5.56 Å². The second-order valence-corrected chi connectivity index (χ2v) is 6.40. The second-order valence-electron chi connectivity index (χ2n) is 6.40. The van der Waals surface area contributed by atoms with E-state index in [2.05, 4.69) is 5.32 Å². The van der Waals surface area contributed by atoms with Crippen molar-refractivity contribution in [3.8, 4) is 0 Å². The van der Waals surface area contributed by atoms with E-state index >= 15 is 0 Å². The number of rotatable bonds is 3. The quantitative estimate of drug-likeness (QED) is 0.873. The Kier molecular flexibility index (Phi) is 5.72. The molecule has 0 aromatic heterocycles. The number of nitrogens with one attached hydrogen (secondary N) is 1. The van der Waals surface area contributed by atoms with Crippen LogP contribution in [0.15, 0.2) is 18.2 Å². The van der Waals surface area contributed by atoms with Crippen LogP contribution < -0.4 is 11.1 Å². The van der Waals surface area contributed by atoms with Crippen LogP contribution in [0.25, 0.3) is 0 Å². The number of piperidine rings is 1. The second kappa shape index (κ2) is 7.43. The molecule has 1 saturated heterocycles. The molecule has 0 saturated carbocycles. The van der Waals surface area contributed by atoms with Crippen molar-refractivity contribution in [2.24, 2.45) is 5.73 Å². The van der Waals surface area contributed by atoms with Crippen LogP contribution in [0.2, 0.25) is 0 Å². The minimum Gasteiger partial charge on any atom is -0.334 e. The van der Waals surface area contributed by atoms with Crippen LogP contribution >= 0.6 is 0 Å². The average Bonchev–Trinajstić information content (AvgIpc) is 2.52. The van der Waals surface area contributed by atoms with Crippen molar-refractivity contribution in [2.45, 2.75) is 51.4 Å². The zero-order valence-corrected chi connectivity index (χ0v) is 14.2. The standard InChI is InChI=1S/C17H22F3N3O2/c1-10(21)15-5-3-4-6-23(15)16(25)12-7-13(17(18,19)20)9-14(8-12)22-11(2)24/h7-10,15H,3-6,21H2,1-2H3,(H,22,24). The van der Waals surface area contributed by atoms with Crippen LogP contribution in [0.4, 0.5) is 18.9 Å². The maximum Gasteiger partial charge on any atom is 0.416 e. The molecule has 138 valence electrons. The van der Waals surface area contributed by atoms with Gasteiger partial charge in [0.2, 0.25) is 5.91 Å². The van der Waals surface area contributed by atoms with E-state index in [0.717, 1.165) is 31.4 Å². The molecule has 0 radical (unpaired) electrons. The van der Waals surface area contributed by atoms with Crippen LogP contribution in [0.1, 0.15) is 49.0 Å². The molecule has 5 nitrogen and oxygen atoms in total. The van der Waals surface area contributed by atoms with Gasteiger partial charge < -0.3 is 16.0 Å². The number of carbonyl (C=O) groups is 2. The van der Waals surface area contributed by atoms with E-state index < -0.39 is 23.6 Å². The number of hydrogen-bond acceptors (Lipinski definition) is 3. The van der Waals surface area contributed by atoms with Crippen molar-refractivity contribution in [1.29, 1.82) is 0 Å². The molecule has 0 aliphatic carbocycles. The molecule has 2 amide bonds. The topological polar surface area (TPSA) is 75.4 Å². The number of benzene rings is 1. The Morgan fingerprint density at radius 1 is 1.28 bits per heavy atom. The van der Waals surface area contributed by atoms with Crippen molar-refractivity contribution in [1.82, 2.24) is 4.90 Å². The number of carbonyl (C=O) groups excluding carboxylic acids is 2. The Morgan fingerprint density at radius 2 is 1.96 bits per heavy atom. The molecule has 8 heteroatoms. The zero-order valence-electron chi connectivity index (χ0n) is 14.2. The smallest absolute Gasteiger partial charge is 0.334 e. The summed E-state index contributed by atoms with van der Waals surface area (Å²) in [6.07, 6.45) is -2.19. The van der Waals surface area contributed by atoms with Gasteiger partial charge in [0.1, 0.15) is 0 Å². The Labute approximate surface area is 144 Å². The van der Waals surface area contributed by atoms with Crippen molar-refractivity contribution >= 4 is 17.5 Å². The van der Waals surface area contributed by atoms with E-state index in [1.807, 2.05) is 0 Å². The molecule has 1 heterocycles. The SMILES string of the molecule is CC(=O)Nc1cc(C(=O)N2CCCCC2C(C)N)cc(C(F)(F)F)c1. The van der Waals surface area contributed by atoms with Gasteiger partial charge in [0.15, 0.2) is 0 Å². The number of anilines is 1. The van der Waals surface area contributed by atoms with Crippen LogP contribution in [-0.2, 0) is 11.0 Å². The van der Waals surface area contributed by atoms with E-state index in [9.17, 15) is 22.8 Å². The Bertz CT molecular complexity index is 659. The number of nitrogens with zero attached hydrogens (tertiary/aromatic N) is 1. The lowest BCUT2D eigenvalue weighted by Gasteiger charge is -2.38. The third-order valence-electron chi connectivity index (χ3n) is 4.24. The van der Waals surface area contributed by atoms with Gasteiger partial charge in [-0.05, 0) is 44.4 Å². The number of likely N-dealkylation sites (tertiary alicyclic amines) is 1. The third kappa shape index (κ3) is 4.72. The van der Waals surface area contributed by atoms with Gasteiger partial charge in [-0.1, -0.05) is 0 Å². The first-order valence-electron chi connectivity index (χ1n) is 8.16. The number of hydrogen-bond donors (Lipinski definition) is 2. The van der Waals surface area contributed by atoms with Gasteiger partial charge in [0.25, 0.3) is 5.91 Å². The highest BCUT2D eigenvalue weighted by Gasteiger charge is 2.34. The normalized spacial score (nSPS) is 19.4. The highest BCUT2D eigenvalue weighted by molar-refractivity contribution is 5.97. The van der Waals surface area contributed by atoms with E-state index in [1.165, 1.54) is 13.0 Å². The largest absolute Gasteiger partial charge is 0.416 e. The number of nitrogens with two attached hydrogens (primary N) is 1. The molecule has 25 heavy (non-hydrogen) atoms. The minimum absolute atomic E-state index is 0.0555. The predicted octanol–water partition coefficient (Wildman–Crippen LogP) is 3.01. The Balaban J connectivity index is 2.41. The highest BCUT2D eigenvalue weighted by Crippen LogP contribution is 2.33. The van der Waals surface area contributed by atoms with E-state index in [-0.39, 0.29) is 23.3 Å². The van der Waals surface area contributed by atoms with Gasteiger partial charge in [-0.2, -0.15) is 13.2 Å². The molecule has 1 aliphatic heterocycles. The maximum absolute atomic E-state index is 13.1. The maximum atomic E-state index is 13.1. The molecule has 1 aromatic rings. The summed E-state index contributed by atoms with van der Waals surface area (Å²) >= 11 is 0. The molecule has 3 N–H and O–H groups in total. The molecule has 1 aromatic carbocycles. The first-order chi connectivity index (χ1) is 11.6. The molecule has 2 unspecified atom stereocenters. The van der Waals surface area contributed by atoms with Crippen molar-refractivity contribution in [2.75, 3.05) is 11.9 Å². The van der Waals surface area contributed by atoms with Crippen LogP contribution in [0.5, 0.6) is 0 Å². The van der Waals surface area contributed by atoms with Gasteiger partial charge in [-0.25, -0.2) is 0 Å². The minimum atomic E-state index is -4.62. The first-order valence-corrected chi connectivity index (χ1v) is 8.16. The summed E-state index contributed by atoms with van der Waals surface area (Å²) in [6, 6.07) is 2.42. The van der Waals surface area contributed by atoms with Gasteiger partial charge in [0, 0.05) is 36.8 Å². The molecule has 2 atom stereocenters. The van der Waals surface area contributed by atoms with Crippen molar-refractivity contribution in [3.63, 3.8) is 0 Å². The molecule has 0 spiro atoms. The lowest BCUT2D eigenvalue weighted by molar-refractivity contribution is -0.137. The monoisotopic (exact) mass is 357 g/mol. The van der Waals surface area contributed by atoms with Gasteiger partial charge >= 0.3 is 6.18 Å². The predicted molar refractivity (Wildman–Crippen MR) is 88.1 cm³/mol. The number of halogens is 3. The summed E-state index contributed by atoms with van der Waals surface area (Å²) < 4.78 is 39.4. The summed E-state index contributed by atoms with van der Waals surface area (Å²) in [5.41, 5.74) is 4.80. The average molecular weight is 357 g/mol. The van der Waals surface area contributed by atoms with Crippen molar-refractivity contribution < 1.29 is 22.8 Å². The van der Waals surface area contributed by atoms with Crippen LogP contribution in [0.3, 0.4) is 0 Å². The van der Waals surface area contributed by atoms with E-state index in [1.54, 1.807) is 11.8 Å². The molecule has 0 bridgehead atoms. The summed E-state index contributed by atoms with van der Waals surface area (Å²) in [5, 5.41) is 2.32. The lowest BCUT2D eigenvalue weighted by Crippen LogP contribution is -2.51. The van der Waals surface area contributed by atoms with Gasteiger partial charge in [-0.15, -0.1) is 0 Å². The fraction of sp³-hybridized carbons (Fsp3) is 0.529. The lowest BCUT2D eigenvalue weighted by atomic mass is 9.95. The van der Waals surface area contributed by atoms with Crippen LogP contribution in [0, 0.1) is 0 Å². The fourth-order valence-electron chi connectivity index (χ4n) is 3.11. The zero-order chi connectivity index (χ0) is 18.8. The Morgan fingerprint density at radius 3 is 2.52 bits per heavy atom. The number of amides is 2. The van der Waals surface area contributed by atoms with Crippen LogP contribution in [-0.4, -0.2) is 35.3 Å². The summed E-state index contributed by atoms with van der Waals surface area (Å²) in [6.45, 7) is 3.43. The van der Waals surface area contributed by atoms with E-state index in [0.29, 0.717) is 6.54 Å². The van der Waals surface area contributed by atoms with E-state index in [4.69, 9.17) is 5.73 Å². The highest BCUT2D eigenvalue weighted by atomic mass is 19.4. The first kappa shape index (κ1) is 19.2. The molecule has 1 fully saturated rings.